The molecule has 2 unspecified atom stereocenters. The van der Waals surface area contributed by atoms with Gasteiger partial charge < -0.3 is 20.3 Å². The summed E-state index contributed by atoms with van der Waals surface area (Å²) in [6, 6.07) is 14.5. The quantitative estimate of drug-likeness (QED) is 0.298. The van der Waals surface area contributed by atoms with Gasteiger partial charge in [-0.25, -0.2) is 4.79 Å². The molecule has 0 saturated heterocycles. The molecule has 204 valence electrons. The highest BCUT2D eigenvalue weighted by atomic mass is 32.1. The van der Waals surface area contributed by atoms with E-state index in [-0.39, 0.29) is 18.2 Å². The third-order valence-corrected chi connectivity index (χ3v) is 6.52. The van der Waals surface area contributed by atoms with Crippen LogP contribution in [0.5, 0.6) is 0 Å². The Hall–Kier alpha value is -3.44. The summed E-state index contributed by atoms with van der Waals surface area (Å²) in [7, 11) is 0. The van der Waals surface area contributed by atoms with Crippen molar-refractivity contribution in [2.75, 3.05) is 5.75 Å². The van der Waals surface area contributed by atoms with Crippen LogP contribution in [0, 0.1) is 12.3 Å². The Bertz CT molecular complexity index is 1150. The average molecular weight is 538 g/mol. The molecule has 2 aromatic rings. The highest BCUT2D eigenvalue weighted by molar-refractivity contribution is 7.80. The standard InChI is InChI=1S/C30H39N3O4S/c1-8-22-17-13-14-18-23(22)25(26(34)31-19-21-15-11-10-12-16-21)33(30(6,7)9-2)27(35)24(20-38)32-28(36)37-29(3,4)5/h1,10-18,24-25,38H,9,19-20H2,2-7H3,(H,31,34)(H,32,36). The minimum Gasteiger partial charge on any atom is -0.444 e. The van der Waals surface area contributed by atoms with E-state index in [0.717, 1.165) is 5.56 Å². The van der Waals surface area contributed by atoms with Gasteiger partial charge in [0.05, 0.1) is 0 Å². The first-order valence-electron chi connectivity index (χ1n) is 12.6. The number of carbonyl (C=O) groups is 3. The van der Waals surface area contributed by atoms with Crippen molar-refractivity contribution in [1.29, 1.82) is 0 Å². The Morgan fingerprint density at radius 1 is 1.03 bits per heavy atom. The number of terminal acetylenes is 1. The number of carbonyl (C=O) groups excluding carboxylic acids is 3. The molecule has 2 atom stereocenters. The molecule has 0 bridgehead atoms. The molecule has 2 N–H and O–H groups in total. The number of rotatable bonds is 10. The SMILES string of the molecule is C#Cc1ccccc1C(C(=O)NCc1ccccc1)N(C(=O)C(CS)NC(=O)OC(C)(C)C)C(C)(C)CC. The number of hydrogen-bond donors (Lipinski definition) is 3. The fourth-order valence-electron chi connectivity index (χ4n) is 3.89. The number of ether oxygens (including phenoxy) is 1. The molecule has 38 heavy (non-hydrogen) atoms. The Kier molecular flexibility index (Phi) is 10.8. The predicted octanol–water partition coefficient (Wildman–Crippen LogP) is 4.87. The number of nitrogens with zero attached hydrogens (tertiary/aromatic N) is 1. The zero-order valence-corrected chi connectivity index (χ0v) is 24.0. The zero-order chi connectivity index (χ0) is 28.5. The molecule has 0 aliphatic rings. The highest BCUT2D eigenvalue weighted by Crippen LogP contribution is 2.33. The van der Waals surface area contributed by atoms with Crippen LogP contribution in [0.25, 0.3) is 0 Å². The molecule has 7 nitrogen and oxygen atoms in total. The van der Waals surface area contributed by atoms with Crippen LogP contribution in [0.3, 0.4) is 0 Å². The fraction of sp³-hybridized carbons (Fsp3) is 0.433. The van der Waals surface area contributed by atoms with E-state index in [9.17, 15) is 14.4 Å². The van der Waals surface area contributed by atoms with Crippen molar-refractivity contribution in [1.82, 2.24) is 15.5 Å². The molecule has 0 fully saturated rings. The minimum absolute atomic E-state index is 0.00348. The summed E-state index contributed by atoms with van der Waals surface area (Å²) in [4.78, 5) is 42.1. The summed E-state index contributed by atoms with van der Waals surface area (Å²) < 4.78 is 5.37. The summed E-state index contributed by atoms with van der Waals surface area (Å²) in [6.45, 7) is 11.2. The van der Waals surface area contributed by atoms with E-state index in [4.69, 9.17) is 11.2 Å². The van der Waals surface area contributed by atoms with Gasteiger partial charge >= 0.3 is 6.09 Å². The lowest BCUT2D eigenvalue weighted by Crippen LogP contribution is -2.60. The summed E-state index contributed by atoms with van der Waals surface area (Å²) >= 11 is 4.35. The lowest BCUT2D eigenvalue weighted by atomic mass is 9.90. The molecule has 0 saturated carbocycles. The fourth-order valence-corrected chi connectivity index (χ4v) is 4.14. The van der Waals surface area contributed by atoms with Gasteiger partial charge in [0.25, 0.3) is 0 Å². The van der Waals surface area contributed by atoms with E-state index in [0.29, 0.717) is 17.5 Å². The summed E-state index contributed by atoms with van der Waals surface area (Å²) in [6.07, 6.45) is 5.60. The van der Waals surface area contributed by atoms with Crippen LogP contribution in [0.1, 0.15) is 70.7 Å². The lowest BCUT2D eigenvalue weighted by molar-refractivity contribution is -0.149. The molecule has 0 aliphatic carbocycles. The minimum atomic E-state index is -1.06. The van der Waals surface area contributed by atoms with Gasteiger partial charge in [-0.1, -0.05) is 61.4 Å². The van der Waals surface area contributed by atoms with Crippen LogP contribution in [0.2, 0.25) is 0 Å². The van der Waals surface area contributed by atoms with Crippen molar-refractivity contribution in [3.8, 4) is 12.3 Å². The number of hydrogen-bond acceptors (Lipinski definition) is 5. The Balaban J connectivity index is 2.57. The zero-order valence-electron chi connectivity index (χ0n) is 23.1. The highest BCUT2D eigenvalue weighted by Gasteiger charge is 2.43. The van der Waals surface area contributed by atoms with Gasteiger partial charge in [0.15, 0.2) is 0 Å². The van der Waals surface area contributed by atoms with Gasteiger partial charge in [-0.3, -0.25) is 9.59 Å². The molecule has 8 heteroatoms. The molecule has 2 aromatic carbocycles. The second-order valence-corrected chi connectivity index (χ2v) is 11.0. The van der Waals surface area contributed by atoms with Crippen molar-refractivity contribution in [3.05, 3.63) is 71.3 Å². The van der Waals surface area contributed by atoms with Crippen LogP contribution in [0.15, 0.2) is 54.6 Å². The largest absolute Gasteiger partial charge is 0.444 e. The van der Waals surface area contributed by atoms with Crippen LogP contribution in [-0.4, -0.2) is 45.7 Å². The van der Waals surface area contributed by atoms with E-state index in [2.05, 4.69) is 29.2 Å². The third kappa shape index (κ3) is 8.29. The van der Waals surface area contributed by atoms with Crippen molar-refractivity contribution < 1.29 is 19.1 Å². The lowest BCUT2D eigenvalue weighted by Gasteiger charge is -2.44. The Morgan fingerprint density at radius 2 is 1.63 bits per heavy atom. The van der Waals surface area contributed by atoms with Crippen LogP contribution >= 0.6 is 12.6 Å². The van der Waals surface area contributed by atoms with E-state index in [1.165, 1.54) is 4.90 Å². The second-order valence-electron chi connectivity index (χ2n) is 10.6. The van der Waals surface area contributed by atoms with Crippen LogP contribution in [0.4, 0.5) is 4.79 Å². The predicted molar refractivity (Wildman–Crippen MR) is 154 cm³/mol. The Labute approximate surface area is 232 Å². The first-order chi connectivity index (χ1) is 17.8. The maximum Gasteiger partial charge on any atom is 0.408 e. The van der Waals surface area contributed by atoms with Gasteiger partial charge in [-0.15, -0.1) is 6.42 Å². The second kappa shape index (κ2) is 13.4. The monoisotopic (exact) mass is 537 g/mol. The Morgan fingerprint density at radius 3 is 2.18 bits per heavy atom. The van der Waals surface area contributed by atoms with Crippen LogP contribution in [-0.2, 0) is 20.9 Å². The topological polar surface area (TPSA) is 87.7 Å². The van der Waals surface area contributed by atoms with Gasteiger partial charge in [0, 0.05) is 23.4 Å². The molecule has 0 heterocycles. The molecule has 0 aromatic heterocycles. The first-order valence-corrected chi connectivity index (χ1v) is 13.3. The van der Waals surface area contributed by atoms with E-state index in [1.807, 2.05) is 51.1 Å². The summed E-state index contributed by atoms with van der Waals surface area (Å²) in [5.41, 5.74) is 0.398. The van der Waals surface area contributed by atoms with E-state index in [1.54, 1.807) is 45.0 Å². The van der Waals surface area contributed by atoms with E-state index < -0.39 is 35.2 Å². The van der Waals surface area contributed by atoms with Crippen LogP contribution < -0.4 is 10.6 Å². The smallest absolute Gasteiger partial charge is 0.408 e. The molecular weight excluding hydrogens is 498 g/mol. The molecular formula is C30H39N3O4S. The number of nitrogens with one attached hydrogen (secondary N) is 2. The summed E-state index contributed by atoms with van der Waals surface area (Å²) in [5, 5.41) is 5.61. The van der Waals surface area contributed by atoms with Gasteiger partial charge in [0.2, 0.25) is 11.8 Å². The molecule has 0 aliphatic heterocycles. The normalized spacial score (nSPS) is 13.0. The van der Waals surface area contributed by atoms with Gasteiger partial charge in [-0.05, 0) is 58.2 Å². The van der Waals surface area contributed by atoms with Crippen molar-refractivity contribution >= 4 is 30.5 Å². The summed E-state index contributed by atoms with van der Waals surface area (Å²) in [5.74, 6) is 1.79. The van der Waals surface area contributed by atoms with Crippen molar-refractivity contribution in [3.63, 3.8) is 0 Å². The first kappa shape index (κ1) is 30.8. The molecule has 2 rings (SSSR count). The average Bonchev–Trinajstić information content (AvgIpc) is 2.88. The number of benzene rings is 2. The van der Waals surface area contributed by atoms with Gasteiger partial charge in [0.1, 0.15) is 17.7 Å². The molecule has 0 radical (unpaired) electrons. The van der Waals surface area contributed by atoms with E-state index >= 15 is 0 Å². The number of thiol groups is 1. The third-order valence-electron chi connectivity index (χ3n) is 6.15. The maximum atomic E-state index is 14.1. The van der Waals surface area contributed by atoms with Gasteiger partial charge in [-0.2, -0.15) is 12.6 Å². The molecule has 3 amide bonds. The number of alkyl carbamates (subject to hydrolysis) is 1. The maximum absolute atomic E-state index is 14.1. The van der Waals surface area contributed by atoms with Crippen molar-refractivity contribution in [2.45, 2.75) is 77.7 Å². The number of amides is 3. The molecule has 0 spiro atoms. The van der Waals surface area contributed by atoms with Crippen molar-refractivity contribution in [2.24, 2.45) is 0 Å².